The minimum Gasteiger partial charge on any atom is -0.264 e. The van der Waals surface area contributed by atoms with Crippen molar-refractivity contribution >= 4 is 0 Å². The predicted octanol–water partition coefficient (Wildman–Crippen LogP) is 4.09. The summed E-state index contributed by atoms with van der Waals surface area (Å²) >= 11 is 0. The third-order valence-electron chi connectivity index (χ3n) is 6.56. The molecule has 4 aliphatic carbocycles. The molecule has 2 aromatic rings. The van der Waals surface area contributed by atoms with E-state index in [0.29, 0.717) is 5.41 Å². The van der Waals surface area contributed by atoms with Gasteiger partial charge in [-0.2, -0.15) is 5.10 Å². The van der Waals surface area contributed by atoms with Crippen molar-refractivity contribution in [2.75, 3.05) is 0 Å². The first-order valence-corrected chi connectivity index (χ1v) is 9.19. The molecule has 2 aromatic heterocycles. The van der Waals surface area contributed by atoms with E-state index < -0.39 is 0 Å². The number of hydrogen-bond acceptors (Lipinski definition) is 2. The molecule has 0 N–H and O–H groups in total. The van der Waals surface area contributed by atoms with Crippen LogP contribution in [0.2, 0.25) is 0 Å². The van der Waals surface area contributed by atoms with Crippen LogP contribution in [0, 0.1) is 23.2 Å². The van der Waals surface area contributed by atoms with E-state index in [0.717, 1.165) is 30.0 Å². The molecule has 6 rings (SSSR count). The Morgan fingerprint density at radius 1 is 0.957 bits per heavy atom. The van der Waals surface area contributed by atoms with Crippen molar-refractivity contribution in [2.24, 2.45) is 23.2 Å². The first-order valence-electron chi connectivity index (χ1n) is 9.19. The Balaban J connectivity index is 1.38. The van der Waals surface area contributed by atoms with Gasteiger partial charge in [0, 0.05) is 18.1 Å². The molecule has 3 nitrogen and oxygen atoms in total. The largest absolute Gasteiger partial charge is 0.264 e. The van der Waals surface area contributed by atoms with E-state index in [2.05, 4.69) is 33.0 Å². The summed E-state index contributed by atoms with van der Waals surface area (Å²) in [5.41, 5.74) is 3.09. The lowest BCUT2D eigenvalue weighted by Gasteiger charge is -2.57. The Hall–Kier alpha value is -1.64. The molecule has 120 valence electrons. The summed E-state index contributed by atoms with van der Waals surface area (Å²) in [6.07, 6.45) is 14.0. The van der Waals surface area contributed by atoms with Crippen LogP contribution in [0.25, 0.3) is 0 Å². The summed E-state index contributed by atoms with van der Waals surface area (Å²) in [5, 5.41) is 4.59. The Morgan fingerprint density at radius 3 is 2.35 bits per heavy atom. The van der Waals surface area contributed by atoms with Gasteiger partial charge < -0.3 is 0 Å². The fraction of sp³-hybridized carbons (Fsp3) is 0.600. The second kappa shape index (κ2) is 5.19. The van der Waals surface area contributed by atoms with Crippen LogP contribution in [0.5, 0.6) is 0 Å². The van der Waals surface area contributed by atoms with Gasteiger partial charge in [-0.1, -0.05) is 6.07 Å². The Labute approximate surface area is 138 Å². The maximum atomic E-state index is 4.59. The van der Waals surface area contributed by atoms with Crippen molar-refractivity contribution in [1.82, 2.24) is 14.8 Å². The number of hydrogen-bond donors (Lipinski definition) is 0. The van der Waals surface area contributed by atoms with Crippen molar-refractivity contribution in [1.29, 1.82) is 0 Å². The van der Waals surface area contributed by atoms with Gasteiger partial charge in [-0.25, -0.2) is 0 Å². The first kappa shape index (κ1) is 13.8. The van der Waals surface area contributed by atoms with Crippen LogP contribution in [-0.4, -0.2) is 14.8 Å². The summed E-state index contributed by atoms with van der Waals surface area (Å²) < 4.78 is 2.18. The Bertz CT molecular complexity index is 653. The SMILES string of the molecule is c1ccc(Cn2nccc2CC23CC4CC(CC(C4)C2)C3)nc1. The van der Waals surface area contributed by atoms with E-state index in [9.17, 15) is 0 Å². The zero-order valence-electron chi connectivity index (χ0n) is 13.7. The lowest BCUT2D eigenvalue weighted by Crippen LogP contribution is -2.47. The van der Waals surface area contributed by atoms with E-state index >= 15 is 0 Å². The average molecular weight is 307 g/mol. The van der Waals surface area contributed by atoms with Gasteiger partial charge in [-0.3, -0.25) is 9.67 Å². The van der Waals surface area contributed by atoms with Gasteiger partial charge in [0.25, 0.3) is 0 Å². The van der Waals surface area contributed by atoms with Gasteiger partial charge in [0.2, 0.25) is 0 Å². The lowest BCUT2D eigenvalue weighted by atomic mass is 9.48. The first-order chi connectivity index (χ1) is 11.3. The highest BCUT2D eigenvalue weighted by Gasteiger charge is 2.50. The molecule has 2 heterocycles. The number of rotatable bonds is 4. The zero-order valence-corrected chi connectivity index (χ0v) is 13.7. The highest BCUT2D eigenvalue weighted by molar-refractivity contribution is 5.12. The maximum Gasteiger partial charge on any atom is 0.0834 e. The van der Waals surface area contributed by atoms with Gasteiger partial charge >= 0.3 is 0 Å². The average Bonchev–Trinajstić information content (AvgIpc) is 2.93. The molecule has 4 saturated carbocycles. The Morgan fingerprint density at radius 2 is 1.70 bits per heavy atom. The van der Waals surface area contributed by atoms with Crippen molar-refractivity contribution in [2.45, 2.75) is 51.5 Å². The summed E-state index contributed by atoms with van der Waals surface area (Å²) in [4.78, 5) is 4.46. The quantitative estimate of drug-likeness (QED) is 0.852. The molecule has 0 saturated heterocycles. The van der Waals surface area contributed by atoms with E-state index in [1.165, 1.54) is 50.6 Å². The molecule has 0 atom stereocenters. The van der Waals surface area contributed by atoms with Crippen molar-refractivity contribution in [3.63, 3.8) is 0 Å². The van der Waals surface area contributed by atoms with E-state index in [1.54, 1.807) is 0 Å². The van der Waals surface area contributed by atoms with Crippen molar-refractivity contribution in [3.05, 3.63) is 48.0 Å². The second-order valence-corrected chi connectivity index (χ2v) is 8.40. The van der Waals surface area contributed by atoms with E-state index in [1.807, 2.05) is 18.5 Å². The van der Waals surface area contributed by atoms with Crippen LogP contribution in [0.15, 0.2) is 36.7 Å². The van der Waals surface area contributed by atoms with Gasteiger partial charge in [-0.05, 0) is 86.3 Å². The standard InChI is InChI=1S/C20H25N3/c1-2-5-21-18(3-1)14-23-19(4-6-22-23)13-20-10-15-7-16(11-20)9-17(8-15)12-20/h1-6,15-17H,7-14H2. The molecular weight excluding hydrogens is 282 g/mol. The highest BCUT2D eigenvalue weighted by atomic mass is 15.3. The normalized spacial score (nSPS) is 34.9. The van der Waals surface area contributed by atoms with Crippen LogP contribution in [-0.2, 0) is 13.0 Å². The fourth-order valence-corrected chi connectivity index (χ4v) is 6.19. The Kier molecular flexibility index (Phi) is 3.10. The lowest BCUT2D eigenvalue weighted by molar-refractivity contribution is -0.0531. The van der Waals surface area contributed by atoms with Gasteiger partial charge in [0.05, 0.1) is 12.2 Å². The number of aromatic nitrogens is 3. The predicted molar refractivity (Wildman–Crippen MR) is 89.9 cm³/mol. The second-order valence-electron chi connectivity index (χ2n) is 8.40. The fourth-order valence-electron chi connectivity index (χ4n) is 6.19. The molecule has 0 aromatic carbocycles. The summed E-state index contributed by atoms with van der Waals surface area (Å²) in [5.74, 6) is 3.07. The molecule has 4 aliphatic rings. The molecule has 0 spiro atoms. The zero-order chi connectivity index (χ0) is 15.3. The summed E-state index contributed by atoms with van der Waals surface area (Å²) in [7, 11) is 0. The molecule has 0 amide bonds. The molecule has 0 unspecified atom stereocenters. The van der Waals surface area contributed by atoms with Crippen molar-refractivity contribution < 1.29 is 0 Å². The van der Waals surface area contributed by atoms with Crippen LogP contribution >= 0.6 is 0 Å². The van der Waals surface area contributed by atoms with Crippen LogP contribution in [0.4, 0.5) is 0 Å². The minimum atomic E-state index is 0.580. The van der Waals surface area contributed by atoms with Crippen LogP contribution in [0.3, 0.4) is 0 Å². The topological polar surface area (TPSA) is 30.7 Å². The highest BCUT2D eigenvalue weighted by Crippen LogP contribution is 2.61. The monoisotopic (exact) mass is 307 g/mol. The maximum absolute atomic E-state index is 4.59. The third-order valence-corrected chi connectivity index (χ3v) is 6.56. The van der Waals surface area contributed by atoms with Gasteiger partial charge in [0.15, 0.2) is 0 Å². The van der Waals surface area contributed by atoms with Crippen LogP contribution < -0.4 is 0 Å². The van der Waals surface area contributed by atoms with Gasteiger partial charge in [-0.15, -0.1) is 0 Å². The molecule has 4 fully saturated rings. The van der Waals surface area contributed by atoms with Gasteiger partial charge in [0.1, 0.15) is 0 Å². The number of pyridine rings is 1. The van der Waals surface area contributed by atoms with Crippen LogP contribution in [0.1, 0.15) is 49.9 Å². The summed E-state index contributed by atoms with van der Waals surface area (Å²) in [6, 6.07) is 8.37. The summed E-state index contributed by atoms with van der Waals surface area (Å²) in [6.45, 7) is 0.801. The molecule has 3 heteroatoms. The molecule has 23 heavy (non-hydrogen) atoms. The number of nitrogens with zero attached hydrogens (tertiary/aromatic N) is 3. The minimum absolute atomic E-state index is 0.580. The van der Waals surface area contributed by atoms with E-state index in [-0.39, 0.29) is 0 Å². The molecule has 0 aliphatic heterocycles. The molecular formula is C20H25N3. The van der Waals surface area contributed by atoms with Crippen molar-refractivity contribution in [3.8, 4) is 0 Å². The molecule has 0 radical (unpaired) electrons. The smallest absolute Gasteiger partial charge is 0.0834 e. The third kappa shape index (κ3) is 2.50. The van der Waals surface area contributed by atoms with E-state index in [4.69, 9.17) is 0 Å². The molecule has 4 bridgehead atoms.